The SMILES string of the molecule is Cc1ccccc1NC(CP(c1ccccc1)c1ccccc1)(C(=O)OC(C)(C)C)c1ccccc1F. The number of hydrogen-bond donors (Lipinski definition) is 1. The van der Waals surface area contributed by atoms with E-state index >= 15 is 4.39 Å². The van der Waals surface area contributed by atoms with Crippen LogP contribution in [0.3, 0.4) is 0 Å². The Kier molecular flexibility index (Phi) is 8.10. The third-order valence-electron chi connectivity index (χ3n) is 6.11. The van der Waals surface area contributed by atoms with Gasteiger partial charge >= 0.3 is 5.97 Å². The highest BCUT2D eigenvalue weighted by atomic mass is 31.1. The first kappa shape index (κ1) is 26.6. The van der Waals surface area contributed by atoms with Crippen LogP contribution in [0.2, 0.25) is 0 Å². The van der Waals surface area contributed by atoms with Crippen molar-refractivity contribution in [1.82, 2.24) is 0 Å². The number of aryl methyl sites for hydroxylation is 1. The average Bonchev–Trinajstić information content (AvgIpc) is 2.88. The van der Waals surface area contributed by atoms with Crippen LogP contribution in [0.5, 0.6) is 0 Å². The summed E-state index contributed by atoms with van der Waals surface area (Å²) in [6.45, 7) is 7.48. The molecule has 0 saturated carbocycles. The summed E-state index contributed by atoms with van der Waals surface area (Å²) in [6.07, 6.45) is 0.306. The Morgan fingerprint density at radius 3 is 1.84 bits per heavy atom. The monoisotopic (exact) mass is 513 g/mol. The van der Waals surface area contributed by atoms with E-state index in [1.165, 1.54) is 6.07 Å². The largest absolute Gasteiger partial charge is 0.458 e. The predicted octanol–water partition coefficient (Wildman–Crippen LogP) is 6.92. The smallest absolute Gasteiger partial charge is 0.337 e. The molecule has 0 aliphatic rings. The molecule has 5 heteroatoms. The van der Waals surface area contributed by atoms with E-state index in [1.54, 1.807) is 18.2 Å². The molecule has 3 nitrogen and oxygen atoms in total. The molecule has 4 rings (SSSR count). The maximum absolute atomic E-state index is 15.7. The van der Waals surface area contributed by atoms with Gasteiger partial charge in [-0.25, -0.2) is 9.18 Å². The number of carbonyl (C=O) groups is 1. The lowest BCUT2D eigenvalue weighted by Gasteiger charge is -2.39. The van der Waals surface area contributed by atoms with Gasteiger partial charge in [-0.05, 0) is 63.9 Å². The van der Waals surface area contributed by atoms with Crippen LogP contribution in [-0.4, -0.2) is 17.7 Å². The number of para-hydroxylation sites is 1. The average molecular weight is 514 g/mol. The summed E-state index contributed by atoms with van der Waals surface area (Å²) in [7, 11) is -1.08. The van der Waals surface area contributed by atoms with Gasteiger partial charge in [-0.15, -0.1) is 0 Å². The first-order valence-electron chi connectivity index (χ1n) is 12.4. The lowest BCUT2D eigenvalue weighted by Crippen LogP contribution is -2.51. The summed E-state index contributed by atoms with van der Waals surface area (Å²) in [4.78, 5) is 14.3. The fourth-order valence-corrected chi connectivity index (χ4v) is 6.90. The lowest BCUT2D eigenvalue weighted by molar-refractivity contribution is -0.160. The maximum atomic E-state index is 15.7. The van der Waals surface area contributed by atoms with E-state index in [4.69, 9.17) is 4.74 Å². The highest BCUT2D eigenvalue weighted by molar-refractivity contribution is 7.73. The molecule has 0 aromatic heterocycles. The summed E-state index contributed by atoms with van der Waals surface area (Å²) < 4.78 is 21.7. The number of anilines is 1. The number of rotatable bonds is 8. The summed E-state index contributed by atoms with van der Waals surface area (Å²) in [5.74, 6) is -0.960. The number of carbonyl (C=O) groups excluding carboxylic acids is 1. The van der Waals surface area contributed by atoms with Gasteiger partial charge in [-0.1, -0.05) is 97.1 Å². The van der Waals surface area contributed by atoms with Gasteiger partial charge in [0.15, 0.2) is 5.54 Å². The number of hydrogen-bond acceptors (Lipinski definition) is 3. The van der Waals surface area contributed by atoms with Crippen molar-refractivity contribution in [3.8, 4) is 0 Å². The number of halogens is 1. The predicted molar refractivity (Wildman–Crippen MR) is 153 cm³/mol. The highest BCUT2D eigenvalue weighted by Crippen LogP contribution is 2.44. The summed E-state index contributed by atoms with van der Waals surface area (Å²) >= 11 is 0. The summed E-state index contributed by atoms with van der Waals surface area (Å²) in [6, 6.07) is 34.5. The Balaban J connectivity index is 1.97. The van der Waals surface area contributed by atoms with Crippen molar-refractivity contribution in [3.05, 3.63) is 126 Å². The van der Waals surface area contributed by atoms with Crippen molar-refractivity contribution in [3.63, 3.8) is 0 Å². The molecule has 0 saturated heterocycles. The van der Waals surface area contributed by atoms with Crippen LogP contribution in [0, 0.1) is 12.7 Å². The molecule has 1 atom stereocenters. The Hall–Kier alpha value is -3.49. The minimum Gasteiger partial charge on any atom is -0.458 e. The zero-order valence-electron chi connectivity index (χ0n) is 21.7. The molecule has 0 heterocycles. The zero-order valence-corrected chi connectivity index (χ0v) is 22.6. The van der Waals surface area contributed by atoms with E-state index in [9.17, 15) is 4.79 Å². The Morgan fingerprint density at radius 2 is 1.30 bits per heavy atom. The van der Waals surface area contributed by atoms with Crippen LogP contribution in [0.4, 0.5) is 10.1 Å². The van der Waals surface area contributed by atoms with Gasteiger partial charge in [0.25, 0.3) is 0 Å². The Labute approximate surface area is 220 Å². The zero-order chi connectivity index (χ0) is 26.5. The highest BCUT2D eigenvalue weighted by Gasteiger charge is 2.47. The van der Waals surface area contributed by atoms with E-state index < -0.39 is 30.8 Å². The quantitative estimate of drug-likeness (QED) is 0.205. The second-order valence-electron chi connectivity index (χ2n) is 10.1. The van der Waals surface area contributed by atoms with Crippen molar-refractivity contribution < 1.29 is 13.9 Å². The molecule has 4 aromatic rings. The number of esters is 1. The number of ether oxygens (including phenoxy) is 1. The van der Waals surface area contributed by atoms with Crippen LogP contribution in [-0.2, 0) is 15.1 Å². The Bertz CT molecular complexity index is 1300. The maximum Gasteiger partial charge on any atom is 0.337 e. The molecular formula is C32H33FNO2P. The molecule has 1 N–H and O–H groups in total. The number of benzene rings is 4. The van der Waals surface area contributed by atoms with Crippen molar-refractivity contribution in [2.75, 3.05) is 11.5 Å². The van der Waals surface area contributed by atoms with Gasteiger partial charge in [0.05, 0.1) is 0 Å². The molecule has 190 valence electrons. The van der Waals surface area contributed by atoms with Crippen LogP contribution >= 0.6 is 7.92 Å². The Morgan fingerprint density at radius 1 is 0.784 bits per heavy atom. The van der Waals surface area contributed by atoms with E-state index in [1.807, 2.05) is 88.4 Å². The van der Waals surface area contributed by atoms with Crippen molar-refractivity contribution in [2.45, 2.75) is 38.8 Å². The van der Waals surface area contributed by atoms with E-state index in [2.05, 4.69) is 29.6 Å². The van der Waals surface area contributed by atoms with Gasteiger partial charge in [0, 0.05) is 17.4 Å². The van der Waals surface area contributed by atoms with E-state index in [0.29, 0.717) is 6.16 Å². The van der Waals surface area contributed by atoms with Gasteiger partial charge < -0.3 is 10.1 Å². The second kappa shape index (κ2) is 11.3. The molecule has 0 spiro atoms. The van der Waals surface area contributed by atoms with Crippen LogP contribution in [0.25, 0.3) is 0 Å². The normalized spacial score (nSPS) is 13.1. The minimum atomic E-state index is -1.48. The van der Waals surface area contributed by atoms with Gasteiger partial charge in [-0.2, -0.15) is 0 Å². The summed E-state index contributed by atoms with van der Waals surface area (Å²) in [5.41, 5.74) is -0.263. The molecule has 37 heavy (non-hydrogen) atoms. The van der Waals surface area contributed by atoms with Crippen LogP contribution in [0.1, 0.15) is 31.9 Å². The van der Waals surface area contributed by atoms with Crippen molar-refractivity contribution in [1.29, 1.82) is 0 Å². The van der Waals surface area contributed by atoms with Crippen LogP contribution in [0.15, 0.2) is 109 Å². The molecule has 4 aromatic carbocycles. The topological polar surface area (TPSA) is 38.3 Å². The third-order valence-corrected chi connectivity index (χ3v) is 8.74. The molecular weight excluding hydrogens is 480 g/mol. The van der Waals surface area contributed by atoms with Crippen molar-refractivity contribution >= 4 is 30.2 Å². The van der Waals surface area contributed by atoms with Crippen LogP contribution < -0.4 is 15.9 Å². The second-order valence-corrected chi connectivity index (χ2v) is 12.3. The minimum absolute atomic E-state index is 0.270. The fourth-order valence-electron chi connectivity index (χ4n) is 4.32. The van der Waals surface area contributed by atoms with Crippen molar-refractivity contribution in [2.24, 2.45) is 0 Å². The lowest BCUT2D eigenvalue weighted by atomic mass is 9.90. The van der Waals surface area contributed by atoms with E-state index in [-0.39, 0.29) is 5.56 Å². The molecule has 0 radical (unpaired) electrons. The molecule has 0 amide bonds. The summed E-state index contributed by atoms with van der Waals surface area (Å²) in [5, 5.41) is 5.71. The first-order chi connectivity index (χ1) is 17.7. The van der Waals surface area contributed by atoms with E-state index in [0.717, 1.165) is 21.9 Å². The number of nitrogens with one attached hydrogen (secondary N) is 1. The third kappa shape index (κ3) is 6.26. The standard InChI is InChI=1S/C32H33FNO2P/c1-24-15-11-14-22-29(24)34-32(30(35)36-31(2,3)4,27-20-12-13-21-28(27)33)23-37(25-16-7-5-8-17-25)26-18-9-6-10-19-26/h5-22,34H,23H2,1-4H3. The molecule has 0 aliphatic carbocycles. The first-order valence-corrected chi connectivity index (χ1v) is 13.9. The molecule has 1 unspecified atom stereocenters. The fraction of sp³-hybridized carbons (Fsp3) is 0.219. The molecule has 0 fully saturated rings. The van der Waals surface area contributed by atoms with Gasteiger partial charge in [-0.3, -0.25) is 0 Å². The molecule has 0 bridgehead atoms. The molecule has 0 aliphatic heterocycles. The van der Waals surface area contributed by atoms with Gasteiger partial charge in [0.2, 0.25) is 0 Å². The van der Waals surface area contributed by atoms with Gasteiger partial charge in [0.1, 0.15) is 11.4 Å².